The summed E-state index contributed by atoms with van der Waals surface area (Å²) in [7, 11) is 0. The number of hydrogen-bond donors (Lipinski definition) is 0. The average molecular weight is 138 g/mol. The quantitative estimate of drug-likeness (QED) is 0.412. The highest BCUT2D eigenvalue weighted by molar-refractivity contribution is 5.05. The van der Waals surface area contributed by atoms with Gasteiger partial charge in [0.05, 0.1) is 0 Å². The van der Waals surface area contributed by atoms with Crippen LogP contribution in [0.2, 0.25) is 0 Å². The first kappa shape index (κ1) is 7.84. The van der Waals surface area contributed by atoms with E-state index in [1.807, 2.05) is 0 Å². The summed E-state index contributed by atoms with van der Waals surface area (Å²) in [6, 6.07) is 0. The maximum Gasteiger partial charge on any atom is -0.0320 e. The summed E-state index contributed by atoms with van der Waals surface area (Å²) < 4.78 is 0. The molecule has 0 atom stereocenters. The molecule has 1 fully saturated rings. The van der Waals surface area contributed by atoms with Crippen molar-refractivity contribution in [3.05, 3.63) is 11.6 Å². The molecule has 0 bridgehead atoms. The summed E-state index contributed by atoms with van der Waals surface area (Å²) in [6.07, 6.45) is 12.2. The van der Waals surface area contributed by atoms with Crippen LogP contribution in [0.1, 0.15) is 51.9 Å². The molecule has 1 rings (SSSR count). The fourth-order valence-electron chi connectivity index (χ4n) is 1.54. The Bertz CT molecular complexity index is 103. The fourth-order valence-corrected chi connectivity index (χ4v) is 1.54. The van der Waals surface area contributed by atoms with E-state index in [-0.39, 0.29) is 0 Å². The van der Waals surface area contributed by atoms with Crippen LogP contribution < -0.4 is 0 Å². The molecule has 0 aromatic rings. The molecule has 0 radical (unpaired) electrons. The van der Waals surface area contributed by atoms with Gasteiger partial charge in [-0.25, -0.2) is 0 Å². The predicted octanol–water partition coefficient (Wildman–Crippen LogP) is 3.68. The lowest BCUT2D eigenvalue weighted by atomic mass is 10.1. The topological polar surface area (TPSA) is 0 Å². The summed E-state index contributed by atoms with van der Waals surface area (Å²) in [5.74, 6) is 0. The normalized spacial score (nSPS) is 17.9. The van der Waals surface area contributed by atoms with Gasteiger partial charge in [0, 0.05) is 0 Å². The van der Waals surface area contributed by atoms with Crippen molar-refractivity contribution >= 4 is 0 Å². The minimum Gasteiger partial charge on any atom is -0.0853 e. The fraction of sp³-hybridized carbons (Fsp3) is 0.800. The van der Waals surface area contributed by atoms with Gasteiger partial charge in [-0.05, 0) is 32.1 Å². The van der Waals surface area contributed by atoms with E-state index in [2.05, 4.69) is 13.0 Å². The molecule has 0 N–H and O–H groups in total. The number of rotatable bonds is 3. The molecule has 1 aliphatic carbocycles. The Balaban J connectivity index is 2.12. The molecule has 0 amide bonds. The van der Waals surface area contributed by atoms with Crippen molar-refractivity contribution in [2.45, 2.75) is 51.9 Å². The van der Waals surface area contributed by atoms with Crippen molar-refractivity contribution in [1.82, 2.24) is 0 Å². The predicted molar refractivity (Wildman–Crippen MR) is 46.1 cm³/mol. The summed E-state index contributed by atoms with van der Waals surface area (Å²) in [6.45, 7) is 2.26. The highest BCUT2D eigenvalue weighted by Crippen LogP contribution is 2.24. The van der Waals surface area contributed by atoms with Gasteiger partial charge in [-0.3, -0.25) is 0 Å². The number of allylic oxidation sites excluding steroid dienone is 2. The summed E-state index contributed by atoms with van der Waals surface area (Å²) in [4.78, 5) is 0. The first-order valence-corrected chi connectivity index (χ1v) is 4.61. The van der Waals surface area contributed by atoms with Crippen molar-refractivity contribution in [3.8, 4) is 0 Å². The van der Waals surface area contributed by atoms with Gasteiger partial charge >= 0.3 is 0 Å². The van der Waals surface area contributed by atoms with Gasteiger partial charge in [-0.2, -0.15) is 0 Å². The molecule has 0 heterocycles. The van der Waals surface area contributed by atoms with E-state index in [4.69, 9.17) is 0 Å². The van der Waals surface area contributed by atoms with Crippen LogP contribution >= 0.6 is 0 Å². The minimum atomic E-state index is 1.33. The van der Waals surface area contributed by atoms with E-state index in [0.29, 0.717) is 0 Å². The molecule has 1 aliphatic rings. The van der Waals surface area contributed by atoms with Gasteiger partial charge in [0.15, 0.2) is 0 Å². The molecule has 0 heteroatoms. The summed E-state index contributed by atoms with van der Waals surface area (Å²) >= 11 is 0. The molecule has 0 aromatic carbocycles. The second kappa shape index (κ2) is 4.54. The molecule has 10 heavy (non-hydrogen) atoms. The standard InChI is InChI=1S/C10H18/c1-2-3-4-7-10-8-5-6-9-10/h7H,2-6,8-9H2,1H3. The Hall–Kier alpha value is -0.260. The van der Waals surface area contributed by atoms with Gasteiger partial charge in [0.25, 0.3) is 0 Å². The van der Waals surface area contributed by atoms with Crippen molar-refractivity contribution in [1.29, 1.82) is 0 Å². The molecule has 0 aliphatic heterocycles. The van der Waals surface area contributed by atoms with Crippen LogP contribution in [-0.2, 0) is 0 Å². The molecule has 0 spiro atoms. The van der Waals surface area contributed by atoms with Gasteiger partial charge in [0.1, 0.15) is 0 Å². The van der Waals surface area contributed by atoms with Crippen LogP contribution in [0.4, 0.5) is 0 Å². The zero-order valence-corrected chi connectivity index (χ0v) is 7.03. The number of hydrogen-bond acceptors (Lipinski definition) is 0. The second-order valence-corrected chi connectivity index (χ2v) is 3.21. The minimum absolute atomic E-state index is 1.33. The monoisotopic (exact) mass is 138 g/mol. The number of unbranched alkanes of at least 4 members (excludes halogenated alkanes) is 2. The van der Waals surface area contributed by atoms with E-state index in [1.54, 1.807) is 5.57 Å². The second-order valence-electron chi connectivity index (χ2n) is 3.21. The Labute approximate surface area is 64.3 Å². The smallest absolute Gasteiger partial charge is 0.0320 e. The molecular weight excluding hydrogens is 120 g/mol. The highest BCUT2D eigenvalue weighted by Gasteiger charge is 2.04. The van der Waals surface area contributed by atoms with Crippen LogP contribution in [0.5, 0.6) is 0 Å². The Kier molecular flexibility index (Phi) is 3.56. The molecular formula is C10H18. The van der Waals surface area contributed by atoms with Gasteiger partial charge in [0.2, 0.25) is 0 Å². The summed E-state index contributed by atoms with van der Waals surface area (Å²) in [5, 5.41) is 0. The molecule has 58 valence electrons. The lowest BCUT2D eigenvalue weighted by Crippen LogP contribution is -1.73. The third-order valence-electron chi connectivity index (χ3n) is 2.24. The van der Waals surface area contributed by atoms with E-state index in [9.17, 15) is 0 Å². The van der Waals surface area contributed by atoms with Gasteiger partial charge in [-0.1, -0.05) is 31.4 Å². The molecule has 0 nitrogen and oxygen atoms in total. The van der Waals surface area contributed by atoms with E-state index >= 15 is 0 Å². The zero-order valence-electron chi connectivity index (χ0n) is 7.03. The SMILES string of the molecule is CCCCC=C1CCCC1. The maximum atomic E-state index is 2.47. The first-order valence-electron chi connectivity index (χ1n) is 4.61. The Morgan fingerprint density at radius 3 is 2.60 bits per heavy atom. The van der Waals surface area contributed by atoms with Crippen LogP contribution in [0, 0.1) is 0 Å². The Morgan fingerprint density at radius 2 is 2.00 bits per heavy atom. The first-order chi connectivity index (χ1) is 4.93. The van der Waals surface area contributed by atoms with Crippen LogP contribution in [0.3, 0.4) is 0 Å². The van der Waals surface area contributed by atoms with Crippen molar-refractivity contribution in [3.63, 3.8) is 0 Å². The third kappa shape index (κ3) is 2.55. The lowest BCUT2D eigenvalue weighted by molar-refractivity contribution is 0.807. The van der Waals surface area contributed by atoms with Crippen LogP contribution in [0.25, 0.3) is 0 Å². The van der Waals surface area contributed by atoms with Crippen molar-refractivity contribution in [2.24, 2.45) is 0 Å². The van der Waals surface area contributed by atoms with E-state index < -0.39 is 0 Å². The van der Waals surface area contributed by atoms with Crippen LogP contribution in [-0.4, -0.2) is 0 Å². The maximum absolute atomic E-state index is 2.47. The molecule has 0 unspecified atom stereocenters. The summed E-state index contributed by atoms with van der Waals surface area (Å²) in [5.41, 5.74) is 1.73. The molecule has 0 saturated heterocycles. The van der Waals surface area contributed by atoms with Crippen molar-refractivity contribution < 1.29 is 0 Å². The van der Waals surface area contributed by atoms with Gasteiger partial charge in [-0.15, -0.1) is 0 Å². The molecule has 0 aromatic heterocycles. The third-order valence-corrected chi connectivity index (χ3v) is 2.24. The highest BCUT2D eigenvalue weighted by atomic mass is 14.1. The average Bonchev–Trinajstić information content (AvgIpc) is 2.41. The largest absolute Gasteiger partial charge is 0.0853 e. The molecule has 1 saturated carbocycles. The Morgan fingerprint density at radius 1 is 1.30 bits per heavy atom. The van der Waals surface area contributed by atoms with Crippen LogP contribution in [0.15, 0.2) is 11.6 Å². The zero-order chi connectivity index (χ0) is 7.23. The van der Waals surface area contributed by atoms with Gasteiger partial charge < -0.3 is 0 Å². The lowest BCUT2D eigenvalue weighted by Gasteiger charge is -1.93. The van der Waals surface area contributed by atoms with E-state index in [0.717, 1.165) is 0 Å². The van der Waals surface area contributed by atoms with E-state index in [1.165, 1.54) is 44.9 Å². The van der Waals surface area contributed by atoms with Crippen molar-refractivity contribution in [2.75, 3.05) is 0 Å².